The second-order valence-electron chi connectivity index (χ2n) is 15.8. The van der Waals surface area contributed by atoms with E-state index in [9.17, 15) is 32.3 Å². The highest BCUT2D eigenvalue weighted by Crippen LogP contribution is 2.65. The Hall–Kier alpha value is -4.31. The molecule has 3 saturated carbocycles. The molecule has 2 unspecified atom stereocenters. The van der Waals surface area contributed by atoms with Gasteiger partial charge in [0.25, 0.3) is 5.91 Å². The Morgan fingerprint density at radius 3 is 2.13 bits per heavy atom. The Kier molecular flexibility index (Phi) is 10.3. The molecule has 4 N–H and O–H groups in total. The van der Waals surface area contributed by atoms with Crippen molar-refractivity contribution in [3.05, 3.63) is 71.3 Å². The Balaban J connectivity index is 1.06. The van der Waals surface area contributed by atoms with Gasteiger partial charge in [-0.2, -0.15) is 13.2 Å². The maximum atomic E-state index is 13.7. The third kappa shape index (κ3) is 7.44. The highest BCUT2D eigenvalue weighted by atomic mass is 19.4. The van der Waals surface area contributed by atoms with Crippen LogP contribution in [-0.2, 0) is 35.8 Å². The normalized spacial score (nSPS) is 26.4. The molecule has 2 heterocycles. The standard InChI is InChI=1S/C37H46BF3N6O6/c1-20(2)29(45-31(49)23-12-14-24(15-13-23)36(46-47-36)37(39,40)41)33(51)44-26(16-22-10-8-7-9-11-22)32(50)43-21(3)30(48)42-19-38-52-28-18-25-17-27(34(25,4)5)35(28,6)53-38/h7-15,20-21,25-29H,16-19H2,1-6H3,(H,42,48)(H,43,50)(H,44,51)(H,45,49)/t21-,25-,26?,27?,28+,29-,35-/m0/s1. The number of nitrogens with zero attached hydrogens (tertiary/aromatic N) is 2. The number of hydrogen-bond donors (Lipinski definition) is 4. The lowest BCUT2D eigenvalue weighted by molar-refractivity contribution is -0.199. The summed E-state index contributed by atoms with van der Waals surface area (Å²) in [6, 6.07) is 10.4. The van der Waals surface area contributed by atoms with Gasteiger partial charge in [-0.25, -0.2) is 0 Å². The summed E-state index contributed by atoms with van der Waals surface area (Å²) in [4.78, 5) is 53.6. The minimum atomic E-state index is -4.71. The van der Waals surface area contributed by atoms with Crippen molar-refractivity contribution in [2.75, 3.05) is 6.44 Å². The van der Waals surface area contributed by atoms with Crippen LogP contribution in [0.25, 0.3) is 0 Å². The molecule has 5 aliphatic rings. The summed E-state index contributed by atoms with van der Waals surface area (Å²) in [7, 11) is -0.612. The minimum absolute atomic E-state index is 0.0189. The van der Waals surface area contributed by atoms with E-state index in [1.807, 2.05) is 6.07 Å². The second kappa shape index (κ2) is 14.2. The van der Waals surface area contributed by atoms with Crippen molar-refractivity contribution >= 4 is 30.7 Å². The molecule has 284 valence electrons. The van der Waals surface area contributed by atoms with Gasteiger partial charge < -0.3 is 30.6 Å². The number of nitrogens with one attached hydrogen (secondary N) is 4. The van der Waals surface area contributed by atoms with Crippen LogP contribution in [0.3, 0.4) is 0 Å². The van der Waals surface area contributed by atoms with E-state index >= 15 is 0 Å². The molecule has 4 fully saturated rings. The molecule has 2 bridgehead atoms. The number of alkyl halides is 3. The molecule has 2 aromatic rings. The van der Waals surface area contributed by atoms with Crippen molar-refractivity contribution in [3.8, 4) is 0 Å². The summed E-state index contributed by atoms with van der Waals surface area (Å²) < 4.78 is 52.8. The Morgan fingerprint density at radius 1 is 0.887 bits per heavy atom. The molecular weight excluding hydrogens is 692 g/mol. The first kappa shape index (κ1) is 38.4. The number of carbonyl (C=O) groups excluding carboxylic acids is 4. The van der Waals surface area contributed by atoms with Gasteiger partial charge in [-0.15, -0.1) is 10.2 Å². The Morgan fingerprint density at radius 2 is 1.55 bits per heavy atom. The first-order chi connectivity index (χ1) is 24.9. The zero-order valence-electron chi connectivity index (χ0n) is 30.6. The van der Waals surface area contributed by atoms with E-state index in [4.69, 9.17) is 9.31 Å². The maximum absolute atomic E-state index is 13.7. The molecule has 1 saturated heterocycles. The van der Waals surface area contributed by atoms with E-state index in [1.54, 1.807) is 38.1 Å². The van der Waals surface area contributed by atoms with Gasteiger partial charge >= 0.3 is 19.0 Å². The van der Waals surface area contributed by atoms with Crippen molar-refractivity contribution in [3.63, 3.8) is 0 Å². The average Bonchev–Trinajstić information content (AvgIpc) is 3.86. The molecule has 0 aromatic heterocycles. The minimum Gasteiger partial charge on any atom is -0.404 e. The van der Waals surface area contributed by atoms with Crippen molar-refractivity contribution < 1.29 is 41.7 Å². The van der Waals surface area contributed by atoms with Gasteiger partial charge in [-0.05, 0) is 67.6 Å². The number of rotatable bonds is 13. The number of benzene rings is 2. The van der Waals surface area contributed by atoms with E-state index < -0.39 is 72.2 Å². The average molecular weight is 739 g/mol. The highest BCUT2D eigenvalue weighted by Gasteiger charge is 2.68. The van der Waals surface area contributed by atoms with E-state index in [2.05, 4.69) is 52.3 Å². The predicted octanol–water partition coefficient (Wildman–Crippen LogP) is 4.24. The van der Waals surface area contributed by atoms with Gasteiger partial charge in [0.05, 0.1) is 18.1 Å². The lowest BCUT2D eigenvalue weighted by atomic mass is 9.43. The largest absolute Gasteiger partial charge is 0.478 e. The van der Waals surface area contributed by atoms with E-state index in [1.165, 1.54) is 19.1 Å². The van der Waals surface area contributed by atoms with Crippen LogP contribution >= 0.6 is 0 Å². The van der Waals surface area contributed by atoms with Gasteiger partial charge in [-0.3, -0.25) is 19.2 Å². The van der Waals surface area contributed by atoms with E-state index in [-0.39, 0.29) is 35.5 Å². The molecule has 7 rings (SSSR count). The smallest absolute Gasteiger partial charge is 0.404 e. The van der Waals surface area contributed by atoms with Gasteiger partial charge in [0, 0.05) is 17.5 Å². The molecule has 4 amide bonds. The summed E-state index contributed by atoms with van der Waals surface area (Å²) in [6.45, 7) is 11.6. The van der Waals surface area contributed by atoms with Crippen molar-refractivity contribution in [1.82, 2.24) is 21.3 Å². The summed E-state index contributed by atoms with van der Waals surface area (Å²) in [5, 5.41) is 17.2. The van der Waals surface area contributed by atoms with E-state index in [0.29, 0.717) is 11.8 Å². The predicted molar refractivity (Wildman–Crippen MR) is 188 cm³/mol. The SMILES string of the molecule is CC(C)[C@H](NC(=O)c1ccc(C2(C(F)(F)F)N=N2)cc1)C(=O)NC(Cc1ccccc1)C(=O)N[C@@H](C)C(=O)NCB1O[C@@H]2C[C@@H]3CC(C3(C)C)[C@]2(C)O1. The lowest BCUT2D eigenvalue weighted by Crippen LogP contribution is -2.65. The van der Waals surface area contributed by atoms with Gasteiger partial charge in [0.15, 0.2) is 0 Å². The number of amides is 4. The first-order valence-corrected chi connectivity index (χ1v) is 18.0. The molecule has 53 heavy (non-hydrogen) atoms. The fraction of sp³-hybridized carbons (Fsp3) is 0.568. The van der Waals surface area contributed by atoms with Crippen LogP contribution in [0.4, 0.5) is 13.2 Å². The third-order valence-electron chi connectivity index (χ3n) is 11.6. The van der Waals surface area contributed by atoms with Crippen LogP contribution in [0.15, 0.2) is 64.8 Å². The molecule has 7 atom stereocenters. The van der Waals surface area contributed by atoms with Crippen molar-refractivity contribution in [1.29, 1.82) is 0 Å². The monoisotopic (exact) mass is 738 g/mol. The molecule has 12 nitrogen and oxygen atoms in total. The fourth-order valence-corrected chi connectivity index (χ4v) is 8.13. The quantitative estimate of drug-likeness (QED) is 0.225. The van der Waals surface area contributed by atoms with Crippen molar-refractivity contribution in [2.45, 2.75) is 102 Å². The number of hydrogen-bond acceptors (Lipinski definition) is 8. The summed E-state index contributed by atoms with van der Waals surface area (Å²) >= 11 is 0. The van der Waals surface area contributed by atoms with Crippen molar-refractivity contribution in [2.24, 2.45) is 33.4 Å². The first-order valence-electron chi connectivity index (χ1n) is 18.0. The van der Waals surface area contributed by atoms with Gasteiger partial charge in [0.1, 0.15) is 18.1 Å². The zero-order chi connectivity index (χ0) is 38.5. The molecule has 2 aliphatic heterocycles. The van der Waals surface area contributed by atoms with Gasteiger partial charge in [-0.1, -0.05) is 70.2 Å². The summed E-state index contributed by atoms with van der Waals surface area (Å²) in [5.74, 6) is -1.90. The molecule has 16 heteroatoms. The van der Waals surface area contributed by atoms with Crippen LogP contribution < -0.4 is 21.3 Å². The van der Waals surface area contributed by atoms with Crippen LogP contribution in [-0.4, -0.2) is 73.2 Å². The Bertz CT molecular complexity index is 1750. The van der Waals surface area contributed by atoms with Crippen LogP contribution in [0.2, 0.25) is 0 Å². The number of carbonyl (C=O) groups is 4. The summed E-state index contributed by atoms with van der Waals surface area (Å²) in [5.41, 5.74) is -2.33. The lowest BCUT2D eigenvalue weighted by Gasteiger charge is -2.64. The molecule has 3 aliphatic carbocycles. The van der Waals surface area contributed by atoms with Crippen LogP contribution in [0, 0.1) is 23.2 Å². The fourth-order valence-electron chi connectivity index (χ4n) is 8.13. The molecule has 2 aromatic carbocycles. The molecule has 0 spiro atoms. The summed E-state index contributed by atoms with van der Waals surface area (Å²) in [6.07, 6.45) is -2.53. The number of halogens is 3. The highest BCUT2D eigenvalue weighted by molar-refractivity contribution is 6.46. The topological polar surface area (TPSA) is 160 Å². The van der Waals surface area contributed by atoms with Gasteiger partial charge in [0.2, 0.25) is 17.7 Å². The Labute approximate surface area is 306 Å². The maximum Gasteiger partial charge on any atom is 0.478 e. The molecule has 0 radical (unpaired) electrons. The van der Waals surface area contributed by atoms with E-state index in [0.717, 1.165) is 30.5 Å². The zero-order valence-corrected chi connectivity index (χ0v) is 30.6. The second-order valence-corrected chi connectivity index (χ2v) is 15.8. The van der Waals surface area contributed by atoms with Crippen LogP contribution in [0.5, 0.6) is 0 Å². The van der Waals surface area contributed by atoms with Crippen LogP contribution in [0.1, 0.15) is 75.9 Å². The molecular formula is C37H46BF3N6O6. The third-order valence-corrected chi connectivity index (χ3v) is 11.6.